The van der Waals surface area contributed by atoms with E-state index in [1.54, 1.807) is 20.2 Å². The molecule has 0 saturated carbocycles. The predicted octanol–water partition coefficient (Wildman–Crippen LogP) is 1.49. The second-order valence-electron chi connectivity index (χ2n) is 3.55. The van der Waals surface area contributed by atoms with E-state index in [-0.39, 0.29) is 12.0 Å². The van der Waals surface area contributed by atoms with E-state index >= 15 is 0 Å². The predicted molar refractivity (Wildman–Crippen MR) is 64.8 cm³/mol. The molecule has 4 nitrogen and oxygen atoms in total. The monoisotopic (exact) mass is 222 g/mol. The molecule has 4 heteroatoms. The molecule has 1 amide bonds. The van der Waals surface area contributed by atoms with Crippen LogP contribution >= 0.6 is 0 Å². The summed E-state index contributed by atoms with van der Waals surface area (Å²) in [5.74, 6) is -0.0890. The maximum absolute atomic E-state index is 11.8. The summed E-state index contributed by atoms with van der Waals surface area (Å²) in [5, 5.41) is 5.81. The number of carbonyl (C=O) groups is 1. The van der Waals surface area contributed by atoms with E-state index in [1.165, 1.54) is 0 Å². The first-order chi connectivity index (χ1) is 7.69. The van der Waals surface area contributed by atoms with Gasteiger partial charge < -0.3 is 15.4 Å². The van der Waals surface area contributed by atoms with Crippen molar-refractivity contribution in [1.29, 1.82) is 0 Å². The largest absolute Gasteiger partial charge is 0.387 e. The second-order valence-corrected chi connectivity index (χ2v) is 3.55. The van der Waals surface area contributed by atoms with Gasteiger partial charge in [-0.15, -0.1) is 0 Å². The van der Waals surface area contributed by atoms with Gasteiger partial charge in [-0.1, -0.05) is 12.1 Å². The lowest BCUT2D eigenvalue weighted by atomic mass is 10.1. The number of nitrogens with one attached hydrogen (secondary N) is 2. The van der Waals surface area contributed by atoms with Gasteiger partial charge in [0, 0.05) is 26.4 Å². The Kier molecular flexibility index (Phi) is 4.79. The third-order valence-electron chi connectivity index (χ3n) is 2.39. The number of rotatable bonds is 5. The third kappa shape index (κ3) is 3.24. The average Bonchev–Trinajstić information content (AvgIpc) is 2.35. The van der Waals surface area contributed by atoms with Crippen molar-refractivity contribution >= 4 is 11.6 Å². The van der Waals surface area contributed by atoms with E-state index in [9.17, 15) is 4.79 Å². The van der Waals surface area contributed by atoms with Gasteiger partial charge in [0.25, 0.3) is 5.91 Å². The summed E-state index contributed by atoms with van der Waals surface area (Å²) < 4.78 is 5.06. The lowest BCUT2D eigenvalue weighted by Gasteiger charge is -2.12. The summed E-state index contributed by atoms with van der Waals surface area (Å²) in [6, 6.07) is 7.39. The molecular weight excluding hydrogens is 204 g/mol. The van der Waals surface area contributed by atoms with Crippen LogP contribution in [0.2, 0.25) is 0 Å². The summed E-state index contributed by atoms with van der Waals surface area (Å²) >= 11 is 0. The molecule has 0 aliphatic heterocycles. The number of methoxy groups -OCH3 is 1. The van der Waals surface area contributed by atoms with Crippen LogP contribution < -0.4 is 10.6 Å². The minimum absolute atomic E-state index is 0.0192. The zero-order chi connectivity index (χ0) is 12.0. The van der Waals surface area contributed by atoms with Crippen LogP contribution in [0.25, 0.3) is 0 Å². The molecule has 0 saturated heterocycles. The number of hydrogen-bond acceptors (Lipinski definition) is 3. The molecule has 0 aliphatic rings. The normalized spacial score (nSPS) is 11.9. The fraction of sp³-hybridized carbons (Fsp3) is 0.417. The van der Waals surface area contributed by atoms with Crippen molar-refractivity contribution in [2.45, 2.75) is 13.0 Å². The standard InChI is InChI=1S/C12H18N2O2/c1-9(16-3)8-14-12(15)10-6-4-5-7-11(10)13-2/h4-7,9,13H,8H2,1-3H3,(H,14,15). The number of hydrogen-bond donors (Lipinski definition) is 2. The number of ether oxygens (including phenoxy) is 1. The molecule has 0 bridgehead atoms. The van der Waals surface area contributed by atoms with Crippen LogP contribution in [-0.2, 0) is 4.74 Å². The van der Waals surface area contributed by atoms with Crippen LogP contribution in [0.4, 0.5) is 5.69 Å². The fourth-order valence-corrected chi connectivity index (χ4v) is 1.31. The third-order valence-corrected chi connectivity index (χ3v) is 2.39. The van der Waals surface area contributed by atoms with Crippen molar-refractivity contribution in [1.82, 2.24) is 5.32 Å². The highest BCUT2D eigenvalue weighted by molar-refractivity contribution is 5.99. The Balaban J connectivity index is 2.65. The van der Waals surface area contributed by atoms with E-state index in [0.29, 0.717) is 12.1 Å². The van der Waals surface area contributed by atoms with Gasteiger partial charge >= 0.3 is 0 Å². The minimum atomic E-state index is -0.0890. The summed E-state index contributed by atoms with van der Waals surface area (Å²) in [5.41, 5.74) is 1.47. The molecule has 88 valence electrons. The summed E-state index contributed by atoms with van der Waals surface area (Å²) in [4.78, 5) is 11.8. The lowest BCUT2D eigenvalue weighted by Crippen LogP contribution is -2.31. The molecule has 1 rings (SSSR count). The Labute approximate surface area is 96.0 Å². The number of anilines is 1. The highest BCUT2D eigenvalue weighted by Crippen LogP contribution is 2.13. The molecular formula is C12H18N2O2. The lowest BCUT2D eigenvalue weighted by molar-refractivity contribution is 0.0871. The van der Waals surface area contributed by atoms with Gasteiger partial charge in [0.05, 0.1) is 11.7 Å². The first kappa shape index (κ1) is 12.5. The van der Waals surface area contributed by atoms with Crippen molar-refractivity contribution < 1.29 is 9.53 Å². The van der Waals surface area contributed by atoms with Crippen molar-refractivity contribution in [3.8, 4) is 0 Å². The Hall–Kier alpha value is -1.55. The van der Waals surface area contributed by atoms with Crippen molar-refractivity contribution in [2.24, 2.45) is 0 Å². The van der Waals surface area contributed by atoms with E-state index in [2.05, 4.69) is 10.6 Å². The fourth-order valence-electron chi connectivity index (χ4n) is 1.31. The van der Waals surface area contributed by atoms with Crippen LogP contribution in [0, 0.1) is 0 Å². The van der Waals surface area contributed by atoms with E-state index in [4.69, 9.17) is 4.74 Å². The molecule has 0 fully saturated rings. The number of carbonyl (C=O) groups excluding carboxylic acids is 1. The Bertz CT molecular complexity index is 353. The molecule has 1 aromatic rings. The van der Waals surface area contributed by atoms with Gasteiger partial charge in [0.1, 0.15) is 0 Å². The molecule has 0 radical (unpaired) electrons. The highest BCUT2D eigenvalue weighted by Gasteiger charge is 2.10. The molecule has 2 N–H and O–H groups in total. The van der Waals surface area contributed by atoms with Gasteiger partial charge in [-0.2, -0.15) is 0 Å². The van der Waals surface area contributed by atoms with Gasteiger partial charge in [0.15, 0.2) is 0 Å². The molecule has 1 atom stereocenters. The first-order valence-corrected chi connectivity index (χ1v) is 5.26. The highest BCUT2D eigenvalue weighted by atomic mass is 16.5. The summed E-state index contributed by atoms with van der Waals surface area (Å²) in [6.45, 7) is 2.41. The van der Waals surface area contributed by atoms with Crippen LogP contribution in [0.5, 0.6) is 0 Å². The van der Waals surface area contributed by atoms with E-state index in [0.717, 1.165) is 5.69 Å². The topological polar surface area (TPSA) is 50.4 Å². The first-order valence-electron chi connectivity index (χ1n) is 5.26. The van der Waals surface area contributed by atoms with Crippen molar-refractivity contribution in [3.63, 3.8) is 0 Å². The van der Waals surface area contributed by atoms with Crippen LogP contribution in [-0.4, -0.2) is 32.7 Å². The van der Waals surface area contributed by atoms with Crippen LogP contribution in [0.1, 0.15) is 17.3 Å². The molecule has 16 heavy (non-hydrogen) atoms. The Morgan fingerprint density at radius 1 is 1.44 bits per heavy atom. The Morgan fingerprint density at radius 3 is 2.75 bits per heavy atom. The average molecular weight is 222 g/mol. The molecule has 0 heterocycles. The van der Waals surface area contributed by atoms with Crippen LogP contribution in [0.15, 0.2) is 24.3 Å². The van der Waals surface area contributed by atoms with Gasteiger partial charge in [-0.3, -0.25) is 4.79 Å². The van der Waals surface area contributed by atoms with Crippen LogP contribution in [0.3, 0.4) is 0 Å². The summed E-state index contributed by atoms with van der Waals surface area (Å²) in [7, 11) is 3.42. The van der Waals surface area contributed by atoms with Crippen molar-refractivity contribution in [2.75, 3.05) is 26.0 Å². The maximum Gasteiger partial charge on any atom is 0.253 e. The molecule has 1 aromatic carbocycles. The summed E-state index contributed by atoms with van der Waals surface area (Å²) in [6.07, 6.45) is 0.0192. The smallest absolute Gasteiger partial charge is 0.253 e. The van der Waals surface area contributed by atoms with Gasteiger partial charge in [-0.05, 0) is 19.1 Å². The molecule has 1 unspecified atom stereocenters. The van der Waals surface area contributed by atoms with Gasteiger partial charge in [0.2, 0.25) is 0 Å². The zero-order valence-electron chi connectivity index (χ0n) is 9.91. The molecule has 0 aromatic heterocycles. The minimum Gasteiger partial charge on any atom is -0.387 e. The maximum atomic E-state index is 11.8. The van der Waals surface area contributed by atoms with Gasteiger partial charge in [-0.25, -0.2) is 0 Å². The quantitative estimate of drug-likeness (QED) is 0.793. The SMILES string of the molecule is CNc1ccccc1C(=O)NCC(C)OC. The second kappa shape index (κ2) is 6.12. The number of para-hydroxylation sites is 1. The molecule has 0 aliphatic carbocycles. The number of amides is 1. The van der Waals surface area contributed by atoms with E-state index < -0.39 is 0 Å². The van der Waals surface area contributed by atoms with E-state index in [1.807, 2.05) is 25.1 Å². The number of benzene rings is 1. The Morgan fingerprint density at radius 2 is 2.12 bits per heavy atom. The molecule has 0 spiro atoms. The van der Waals surface area contributed by atoms with Crippen molar-refractivity contribution in [3.05, 3.63) is 29.8 Å². The zero-order valence-corrected chi connectivity index (χ0v) is 9.91.